The molecule has 190 valence electrons. The van der Waals surface area contributed by atoms with Gasteiger partial charge in [-0.2, -0.15) is 0 Å². The lowest BCUT2D eigenvalue weighted by atomic mass is 10.0. The summed E-state index contributed by atoms with van der Waals surface area (Å²) in [6.45, 7) is 3.17. The monoisotopic (exact) mass is 535 g/mol. The number of nitrogens with zero attached hydrogens (tertiary/aromatic N) is 2. The number of aliphatic imine (C=N–C) groups is 1. The van der Waals surface area contributed by atoms with Crippen LogP contribution in [0.4, 0.5) is 10.1 Å². The highest BCUT2D eigenvalue weighted by Crippen LogP contribution is 2.31. The number of carbonyl (C=O) groups is 1. The summed E-state index contributed by atoms with van der Waals surface area (Å²) in [5, 5.41) is 2.95. The zero-order chi connectivity index (χ0) is 26.8. The molecule has 1 aromatic carbocycles. The molecule has 0 fully saturated rings. The van der Waals surface area contributed by atoms with Gasteiger partial charge >= 0.3 is 0 Å². The average molecular weight is 536 g/mol. The molecule has 0 saturated carbocycles. The largest absolute Gasteiger partial charge is 0.455 e. The number of benzene rings is 1. The summed E-state index contributed by atoms with van der Waals surface area (Å²) in [7, 11) is -2.35. The molecule has 0 saturated heterocycles. The van der Waals surface area contributed by atoms with E-state index < -0.39 is 33.2 Å². The van der Waals surface area contributed by atoms with Gasteiger partial charge in [0.1, 0.15) is 22.3 Å². The lowest BCUT2D eigenvalue weighted by molar-refractivity contribution is 0.0977. The normalized spacial score (nSPS) is 13.2. The Hall–Kier alpha value is -3.77. The van der Waals surface area contributed by atoms with Crippen LogP contribution in [0.1, 0.15) is 40.3 Å². The van der Waals surface area contributed by atoms with E-state index in [0.717, 1.165) is 12.3 Å². The number of carbonyl (C=O) groups excluding carboxylic acids is 1. The first-order chi connectivity index (χ1) is 16.9. The van der Waals surface area contributed by atoms with Crippen molar-refractivity contribution in [3.05, 3.63) is 74.2 Å². The van der Waals surface area contributed by atoms with Crippen LogP contribution in [0.2, 0.25) is 5.15 Å². The molecule has 1 unspecified atom stereocenters. The van der Waals surface area contributed by atoms with E-state index in [-0.39, 0.29) is 44.4 Å². The first kappa shape index (κ1) is 26.8. The third kappa shape index (κ3) is 5.71. The lowest BCUT2D eigenvalue weighted by Gasteiger charge is -2.19. The number of aromatic nitrogens is 1. The minimum absolute atomic E-state index is 0.00832. The standard InChI is InChI=1S/C23H23ClFN5O5S/c1-11-20(31)16-8-14(25)7-15(22(16)35-21(11)13(9-26)10-27-3)12(2)28-17-5-6-18(24)29-19(17)23(32)30-36(4,33)34/h5-10,12,28H,26H2,1-4H3,(H,30,32)/b13-9+,27-10?. The number of pyridine rings is 1. The summed E-state index contributed by atoms with van der Waals surface area (Å²) >= 11 is 5.91. The van der Waals surface area contributed by atoms with Crippen LogP contribution in [0.15, 0.2) is 44.7 Å². The Labute approximate surface area is 211 Å². The number of fused-ring (bicyclic) bond motifs is 1. The Bertz CT molecular complexity index is 1580. The van der Waals surface area contributed by atoms with Gasteiger partial charge in [0, 0.05) is 30.6 Å². The fourth-order valence-electron chi connectivity index (χ4n) is 3.55. The van der Waals surface area contributed by atoms with Gasteiger partial charge in [0.05, 0.1) is 28.9 Å². The van der Waals surface area contributed by atoms with E-state index in [1.54, 1.807) is 6.92 Å². The van der Waals surface area contributed by atoms with E-state index >= 15 is 0 Å². The lowest BCUT2D eigenvalue weighted by Crippen LogP contribution is -2.31. The van der Waals surface area contributed by atoms with E-state index in [1.165, 1.54) is 44.6 Å². The molecule has 0 aliphatic rings. The molecule has 0 aliphatic carbocycles. The van der Waals surface area contributed by atoms with Gasteiger partial charge in [-0.05, 0) is 38.1 Å². The van der Waals surface area contributed by atoms with Crippen LogP contribution in [-0.4, -0.2) is 38.8 Å². The van der Waals surface area contributed by atoms with Gasteiger partial charge in [-0.25, -0.2) is 22.5 Å². The van der Waals surface area contributed by atoms with Crippen molar-refractivity contribution in [2.75, 3.05) is 18.6 Å². The highest BCUT2D eigenvalue weighted by atomic mass is 35.5. The van der Waals surface area contributed by atoms with Gasteiger partial charge < -0.3 is 15.5 Å². The number of sulfonamides is 1. The van der Waals surface area contributed by atoms with E-state index in [0.29, 0.717) is 5.57 Å². The molecule has 36 heavy (non-hydrogen) atoms. The summed E-state index contributed by atoms with van der Waals surface area (Å²) in [5.41, 5.74) is 5.96. The fourth-order valence-corrected chi connectivity index (χ4v) is 4.13. The Balaban J connectivity index is 2.17. The topological polar surface area (TPSA) is 157 Å². The maximum atomic E-state index is 14.6. The second kappa shape index (κ2) is 10.5. The second-order valence-corrected chi connectivity index (χ2v) is 10.0. The van der Waals surface area contributed by atoms with Gasteiger partial charge in [-0.15, -0.1) is 0 Å². The Morgan fingerprint density at radius 3 is 2.64 bits per heavy atom. The minimum Gasteiger partial charge on any atom is -0.455 e. The molecule has 2 aromatic heterocycles. The van der Waals surface area contributed by atoms with Crippen molar-refractivity contribution < 1.29 is 22.0 Å². The number of anilines is 1. The third-order valence-electron chi connectivity index (χ3n) is 5.12. The molecule has 3 aromatic rings. The van der Waals surface area contributed by atoms with Crippen LogP contribution in [-0.2, 0) is 10.0 Å². The molecule has 1 atom stereocenters. The average Bonchev–Trinajstić information content (AvgIpc) is 2.79. The van der Waals surface area contributed by atoms with Gasteiger partial charge in [0.15, 0.2) is 11.1 Å². The van der Waals surface area contributed by atoms with Crippen LogP contribution in [0.5, 0.6) is 0 Å². The maximum Gasteiger partial charge on any atom is 0.285 e. The molecule has 1 amide bonds. The van der Waals surface area contributed by atoms with Crippen LogP contribution in [0, 0.1) is 12.7 Å². The van der Waals surface area contributed by atoms with Crippen molar-refractivity contribution in [1.29, 1.82) is 0 Å². The zero-order valence-corrected chi connectivity index (χ0v) is 21.3. The van der Waals surface area contributed by atoms with Crippen LogP contribution >= 0.6 is 11.6 Å². The Morgan fingerprint density at radius 2 is 2.03 bits per heavy atom. The highest BCUT2D eigenvalue weighted by Gasteiger charge is 2.23. The van der Waals surface area contributed by atoms with E-state index in [9.17, 15) is 22.4 Å². The van der Waals surface area contributed by atoms with E-state index in [4.69, 9.17) is 21.8 Å². The number of rotatable bonds is 7. The van der Waals surface area contributed by atoms with Crippen molar-refractivity contribution in [1.82, 2.24) is 9.71 Å². The van der Waals surface area contributed by atoms with Crippen molar-refractivity contribution in [3.63, 3.8) is 0 Å². The van der Waals surface area contributed by atoms with Crippen molar-refractivity contribution >= 4 is 56.0 Å². The van der Waals surface area contributed by atoms with Crippen LogP contribution < -0.4 is 21.2 Å². The molecule has 0 bridgehead atoms. The summed E-state index contributed by atoms with van der Waals surface area (Å²) in [4.78, 5) is 33.4. The SMILES string of the molecule is CN=C/C(=C\N)c1oc2c(C(C)Nc3ccc(Cl)nc3C(=O)NS(C)(=O)=O)cc(F)cc2c(=O)c1C. The number of nitrogens with two attached hydrogens (primary N) is 1. The van der Waals surface area contributed by atoms with Gasteiger partial charge in [0.2, 0.25) is 10.0 Å². The zero-order valence-electron chi connectivity index (χ0n) is 19.7. The summed E-state index contributed by atoms with van der Waals surface area (Å²) in [6, 6.07) is 4.31. The number of hydrogen-bond donors (Lipinski definition) is 3. The molecule has 0 spiro atoms. The first-order valence-corrected chi connectivity index (χ1v) is 12.7. The summed E-state index contributed by atoms with van der Waals surface area (Å²) in [5.74, 6) is -1.53. The van der Waals surface area contributed by atoms with Gasteiger partial charge in [-0.3, -0.25) is 14.6 Å². The predicted molar refractivity (Wildman–Crippen MR) is 137 cm³/mol. The minimum atomic E-state index is -3.88. The third-order valence-corrected chi connectivity index (χ3v) is 5.88. The molecule has 2 heterocycles. The Kier molecular flexibility index (Phi) is 7.80. The predicted octanol–water partition coefficient (Wildman–Crippen LogP) is 3.15. The fraction of sp³-hybridized carbons (Fsp3) is 0.217. The number of hydrogen-bond acceptors (Lipinski definition) is 9. The van der Waals surface area contributed by atoms with Crippen molar-refractivity contribution in [2.24, 2.45) is 10.7 Å². The number of nitrogens with one attached hydrogen (secondary N) is 2. The molecule has 13 heteroatoms. The van der Waals surface area contributed by atoms with Crippen LogP contribution in [0.3, 0.4) is 0 Å². The molecule has 4 N–H and O–H groups in total. The molecule has 3 rings (SSSR count). The van der Waals surface area contributed by atoms with Crippen molar-refractivity contribution in [2.45, 2.75) is 19.9 Å². The molecule has 0 radical (unpaired) electrons. The first-order valence-electron chi connectivity index (χ1n) is 10.4. The van der Waals surface area contributed by atoms with Gasteiger partial charge in [0.25, 0.3) is 5.91 Å². The molecular formula is C23H23ClFN5O5S. The van der Waals surface area contributed by atoms with Crippen LogP contribution in [0.25, 0.3) is 16.5 Å². The highest BCUT2D eigenvalue weighted by molar-refractivity contribution is 7.89. The Morgan fingerprint density at radius 1 is 1.33 bits per heavy atom. The summed E-state index contributed by atoms with van der Waals surface area (Å²) < 4.78 is 45.5. The number of amides is 1. The number of halogens is 2. The van der Waals surface area contributed by atoms with E-state index in [2.05, 4.69) is 15.3 Å². The molecule has 0 aliphatic heterocycles. The van der Waals surface area contributed by atoms with E-state index in [1.807, 2.05) is 4.72 Å². The summed E-state index contributed by atoms with van der Waals surface area (Å²) in [6.07, 6.45) is 3.48. The maximum absolute atomic E-state index is 14.6. The number of allylic oxidation sites excluding steroid dienone is 1. The quantitative estimate of drug-likeness (QED) is 0.307. The molecule has 10 nitrogen and oxygen atoms in total. The smallest absolute Gasteiger partial charge is 0.285 e. The van der Waals surface area contributed by atoms with Crippen molar-refractivity contribution in [3.8, 4) is 0 Å². The second-order valence-electron chi connectivity index (χ2n) is 7.87. The molecular weight excluding hydrogens is 513 g/mol. The van der Waals surface area contributed by atoms with Gasteiger partial charge in [-0.1, -0.05) is 11.6 Å².